The highest BCUT2D eigenvalue weighted by Gasteiger charge is 2.16. The van der Waals surface area contributed by atoms with Crippen molar-refractivity contribution in [2.24, 2.45) is 0 Å². The predicted octanol–water partition coefficient (Wildman–Crippen LogP) is 2.93. The molecule has 0 fully saturated rings. The van der Waals surface area contributed by atoms with Gasteiger partial charge in [0.15, 0.2) is 11.5 Å². The van der Waals surface area contributed by atoms with Crippen LogP contribution in [0.25, 0.3) is 0 Å². The number of anilines is 1. The Balaban J connectivity index is 2.13. The number of nitrogens with zero attached hydrogens (tertiary/aromatic N) is 3. The maximum Gasteiger partial charge on any atom is 0.279 e. The van der Waals surface area contributed by atoms with Crippen LogP contribution < -0.4 is 5.32 Å². The quantitative estimate of drug-likeness (QED) is 0.882. The van der Waals surface area contributed by atoms with Gasteiger partial charge in [0.25, 0.3) is 5.91 Å². The Hall–Kier alpha value is -1.60. The van der Waals surface area contributed by atoms with Crippen LogP contribution in [0.1, 0.15) is 28.8 Å². The molecule has 0 saturated heterocycles. The highest BCUT2D eigenvalue weighted by atomic mass is 35.5. The Bertz CT molecular complexity index is 604. The van der Waals surface area contributed by atoms with Gasteiger partial charge in [-0.1, -0.05) is 29.9 Å². The standard InChI is InChI=1S/C11H10ClFN4OS/c1-2-3-8-16-17-11(19-8)15-10(18)9-6(13)4-5-7(12)14-9/h4-5H,2-3H2,1H3,(H,15,17,18). The Morgan fingerprint density at radius 3 is 3.00 bits per heavy atom. The second-order valence-electron chi connectivity index (χ2n) is 3.67. The maximum atomic E-state index is 13.4. The molecule has 5 nitrogen and oxygen atoms in total. The average molecular weight is 301 g/mol. The number of carbonyl (C=O) groups is 1. The maximum absolute atomic E-state index is 13.4. The lowest BCUT2D eigenvalue weighted by molar-refractivity contribution is 0.101. The normalized spacial score (nSPS) is 10.5. The second-order valence-corrected chi connectivity index (χ2v) is 5.12. The number of halogens is 2. The van der Waals surface area contributed by atoms with Crippen LogP contribution in [0.2, 0.25) is 5.15 Å². The first-order chi connectivity index (χ1) is 9.10. The zero-order chi connectivity index (χ0) is 13.8. The third-order valence-corrected chi connectivity index (χ3v) is 3.29. The molecule has 2 heterocycles. The van der Waals surface area contributed by atoms with Crippen LogP contribution in [-0.4, -0.2) is 21.1 Å². The molecule has 0 aliphatic carbocycles. The van der Waals surface area contributed by atoms with E-state index < -0.39 is 11.7 Å². The molecule has 0 spiro atoms. The molecule has 19 heavy (non-hydrogen) atoms. The summed E-state index contributed by atoms with van der Waals surface area (Å²) in [6.45, 7) is 2.02. The zero-order valence-corrected chi connectivity index (χ0v) is 11.6. The Labute approximate surface area is 117 Å². The summed E-state index contributed by atoms with van der Waals surface area (Å²) < 4.78 is 13.4. The summed E-state index contributed by atoms with van der Waals surface area (Å²) in [5.41, 5.74) is -0.361. The third kappa shape index (κ3) is 3.45. The highest BCUT2D eigenvalue weighted by Crippen LogP contribution is 2.18. The van der Waals surface area contributed by atoms with Crippen molar-refractivity contribution in [2.75, 3.05) is 5.32 Å². The van der Waals surface area contributed by atoms with Gasteiger partial charge in [0, 0.05) is 6.42 Å². The summed E-state index contributed by atoms with van der Waals surface area (Å²) >= 11 is 6.88. The molecule has 2 aromatic rings. The fraction of sp³-hybridized carbons (Fsp3) is 0.273. The van der Waals surface area contributed by atoms with Gasteiger partial charge in [0.2, 0.25) is 5.13 Å². The van der Waals surface area contributed by atoms with E-state index in [4.69, 9.17) is 11.6 Å². The number of hydrogen-bond acceptors (Lipinski definition) is 5. The molecular formula is C11H10ClFN4OS. The summed E-state index contributed by atoms with van der Waals surface area (Å²) in [5, 5.41) is 11.3. The van der Waals surface area contributed by atoms with Crippen molar-refractivity contribution in [3.05, 3.63) is 33.8 Å². The van der Waals surface area contributed by atoms with Gasteiger partial charge in [0.05, 0.1) is 0 Å². The van der Waals surface area contributed by atoms with Crippen LogP contribution in [0.4, 0.5) is 9.52 Å². The fourth-order valence-corrected chi connectivity index (χ4v) is 2.34. The first-order valence-corrected chi connectivity index (χ1v) is 6.75. The molecule has 2 aromatic heterocycles. The molecule has 2 rings (SSSR count). The van der Waals surface area contributed by atoms with Gasteiger partial charge in [-0.25, -0.2) is 9.37 Å². The van der Waals surface area contributed by atoms with Gasteiger partial charge in [-0.15, -0.1) is 10.2 Å². The monoisotopic (exact) mass is 300 g/mol. The van der Waals surface area contributed by atoms with Crippen LogP contribution in [0.5, 0.6) is 0 Å². The van der Waals surface area contributed by atoms with Crippen molar-refractivity contribution in [3.8, 4) is 0 Å². The van der Waals surface area contributed by atoms with Gasteiger partial charge in [-0.05, 0) is 18.6 Å². The molecule has 0 aliphatic rings. The molecule has 8 heteroatoms. The summed E-state index contributed by atoms with van der Waals surface area (Å²) in [5.74, 6) is -1.43. The van der Waals surface area contributed by atoms with E-state index in [0.717, 1.165) is 23.9 Å². The van der Waals surface area contributed by atoms with Crippen molar-refractivity contribution in [3.63, 3.8) is 0 Å². The fourth-order valence-electron chi connectivity index (χ4n) is 1.35. The lowest BCUT2D eigenvalue weighted by Crippen LogP contribution is -2.15. The van der Waals surface area contributed by atoms with Crippen molar-refractivity contribution >= 4 is 34.0 Å². The van der Waals surface area contributed by atoms with E-state index >= 15 is 0 Å². The third-order valence-electron chi connectivity index (χ3n) is 2.18. The van der Waals surface area contributed by atoms with Crippen LogP contribution in [0.15, 0.2) is 12.1 Å². The van der Waals surface area contributed by atoms with Gasteiger partial charge in [-0.3, -0.25) is 10.1 Å². The van der Waals surface area contributed by atoms with Crippen LogP contribution in [0.3, 0.4) is 0 Å². The minimum atomic E-state index is -0.736. The molecule has 1 N–H and O–H groups in total. The molecule has 0 unspecified atom stereocenters. The smallest absolute Gasteiger partial charge is 0.279 e. The minimum Gasteiger partial charge on any atom is -0.295 e. The number of hydrogen-bond donors (Lipinski definition) is 1. The summed E-state index contributed by atoms with van der Waals surface area (Å²) in [7, 11) is 0. The molecule has 100 valence electrons. The van der Waals surface area contributed by atoms with Gasteiger partial charge in [0.1, 0.15) is 10.2 Å². The largest absolute Gasteiger partial charge is 0.295 e. The summed E-state index contributed by atoms with van der Waals surface area (Å²) in [4.78, 5) is 15.5. The van der Waals surface area contributed by atoms with Gasteiger partial charge in [-0.2, -0.15) is 0 Å². The van der Waals surface area contributed by atoms with Crippen molar-refractivity contribution in [1.82, 2.24) is 15.2 Å². The van der Waals surface area contributed by atoms with Crippen LogP contribution in [0, 0.1) is 5.82 Å². The SMILES string of the molecule is CCCc1nnc(NC(=O)c2nc(Cl)ccc2F)s1. The second kappa shape index (κ2) is 6.03. The summed E-state index contributed by atoms with van der Waals surface area (Å²) in [6, 6.07) is 2.37. The lowest BCUT2D eigenvalue weighted by Gasteiger charge is -2.01. The number of nitrogens with one attached hydrogen (secondary N) is 1. The number of rotatable bonds is 4. The lowest BCUT2D eigenvalue weighted by atomic mass is 10.3. The molecule has 0 bridgehead atoms. The molecule has 0 saturated carbocycles. The van der Waals surface area contributed by atoms with E-state index in [0.29, 0.717) is 5.13 Å². The van der Waals surface area contributed by atoms with E-state index in [1.807, 2.05) is 6.92 Å². The average Bonchev–Trinajstić information content (AvgIpc) is 2.80. The molecule has 0 aromatic carbocycles. The predicted molar refractivity (Wildman–Crippen MR) is 71.1 cm³/mol. The number of pyridine rings is 1. The van der Waals surface area contributed by atoms with Crippen LogP contribution in [-0.2, 0) is 6.42 Å². The molecule has 0 radical (unpaired) electrons. The van der Waals surface area contributed by atoms with Crippen LogP contribution >= 0.6 is 22.9 Å². The molecule has 1 amide bonds. The number of carbonyl (C=O) groups excluding carboxylic acids is 1. The van der Waals surface area contributed by atoms with Gasteiger partial charge < -0.3 is 0 Å². The molecule has 0 atom stereocenters. The minimum absolute atomic E-state index is 0.0514. The molecule has 0 aliphatic heterocycles. The van der Waals surface area contributed by atoms with Crippen molar-refractivity contribution in [1.29, 1.82) is 0 Å². The Morgan fingerprint density at radius 2 is 2.26 bits per heavy atom. The van der Waals surface area contributed by atoms with Gasteiger partial charge >= 0.3 is 0 Å². The first-order valence-electron chi connectivity index (χ1n) is 5.56. The first kappa shape index (κ1) is 13.8. The number of aryl methyl sites for hydroxylation is 1. The Kier molecular flexibility index (Phi) is 4.39. The zero-order valence-electron chi connectivity index (χ0n) is 9.98. The summed E-state index contributed by atoms with van der Waals surface area (Å²) in [6.07, 6.45) is 1.73. The number of aromatic nitrogens is 3. The topological polar surface area (TPSA) is 67.8 Å². The molecular weight excluding hydrogens is 291 g/mol. The van der Waals surface area contributed by atoms with E-state index in [-0.39, 0.29) is 10.8 Å². The van der Waals surface area contributed by atoms with E-state index in [1.165, 1.54) is 17.4 Å². The number of amides is 1. The van der Waals surface area contributed by atoms with Crippen molar-refractivity contribution < 1.29 is 9.18 Å². The highest BCUT2D eigenvalue weighted by molar-refractivity contribution is 7.15. The van der Waals surface area contributed by atoms with E-state index in [1.54, 1.807) is 0 Å². The van der Waals surface area contributed by atoms with E-state index in [2.05, 4.69) is 20.5 Å². The van der Waals surface area contributed by atoms with E-state index in [9.17, 15) is 9.18 Å². The Morgan fingerprint density at radius 1 is 1.47 bits per heavy atom. The van der Waals surface area contributed by atoms with Crippen molar-refractivity contribution in [2.45, 2.75) is 19.8 Å².